The first kappa shape index (κ1) is 12.2. The molecule has 0 bridgehead atoms. The topological polar surface area (TPSA) is 17.8 Å². The third-order valence-corrected chi connectivity index (χ3v) is 3.34. The second-order valence-corrected chi connectivity index (χ2v) is 5.31. The average Bonchev–Trinajstić information content (AvgIpc) is 2.67. The molecule has 0 aromatic carbocycles. The fourth-order valence-electron chi connectivity index (χ4n) is 2.24. The predicted molar refractivity (Wildman–Crippen MR) is 73.6 cm³/mol. The minimum Gasteiger partial charge on any atom is -0.343 e. The highest BCUT2D eigenvalue weighted by molar-refractivity contribution is 5.81. The summed E-state index contributed by atoms with van der Waals surface area (Å²) in [5.74, 6) is 0.525. The lowest BCUT2D eigenvalue weighted by molar-refractivity contribution is 0.619. The molecule has 2 nitrogen and oxygen atoms in total. The molecule has 2 aromatic heterocycles. The van der Waals surface area contributed by atoms with E-state index >= 15 is 0 Å². The van der Waals surface area contributed by atoms with Crippen LogP contribution in [0.5, 0.6) is 0 Å². The zero-order valence-corrected chi connectivity index (χ0v) is 11.5. The summed E-state index contributed by atoms with van der Waals surface area (Å²) in [5.41, 5.74) is 5.12. The van der Waals surface area contributed by atoms with Crippen molar-refractivity contribution in [3.63, 3.8) is 0 Å². The number of hydrogen-bond donors (Lipinski definition) is 0. The second kappa shape index (κ2) is 4.52. The Hall–Kier alpha value is -1.31. The van der Waals surface area contributed by atoms with Crippen LogP contribution in [-0.4, -0.2) is 9.55 Å². The Kier molecular flexibility index (Phi) is 3.23. The number of aromatic nitrogens is 2. The number of fused-ring (bicyclic) bond motifs is 1. The number of pyridine rings is 1. The van der Waals surface area contributed by atoms with Gasteiger partial charge in [0.25, 0.3) is 0 Å². The Morgan fingerprint density at radius 3 is 2.47 bits per heavy atom. The third-order valence-electron chi connectivity index (χ3n) is 3.34. The quantitative estimate of drug-likeness (QED) is 0.768. The summed E-state index contributed by atoms with van der Waals surface area (Å²) in [6.07, 6.45) is 5.33. The highest BCUT2D eigenvalue weighted by Crippen LogP contribution is 2.28. The molecule has 0 N–H and O–H groups in total. The summed E-state index contributed by atoms with van der Waals surface area (Å²) in [6, 6.07) is 2.77. The molecule has 2 aromatic rings. The molecule has 0 atom stereocenters. The summed E-state index contributed by atoms with van der Waals surface area (Å²) in [4.78, 5) is 4.66. The zero-order valence-electron chi connectivity index (χ0n) is 11.5. The molecular weight excluding hydrogens is 208 g/mol. The molecule has 0 radical (unpaired) electrons. The summed E-state index contributed by atoms with van der Waals surface area (Å²) < 4.78 is 2.34. The van der Waals surface area contributed by atoms with E-state index in [0.717, 1.165) is 6.42 Å². The molecule has 0 saturated heterocycles. The van der Waals surface area contributed by atoms with Gasteiger partial charge in [-0.15, -0.1) is 0 Å². The summed E-state index contributed by atoms with van der Waals surface area (Å²) in [6.45, 7) is 11.1. The molecule has 0 aliphatic heterocycles. The maximum absolute atomic E-state index is 4.66. The van der Waals surface area contributed by atoms with Gasteiger partial charge >= 0.3 is 0 Å². The van der Waals surface area contributed by atoms with E-state index in [4.69, 9.17) is 0 Å². The van der Waals surface area contributed by atoms with Crippen LogP contribution >= 0.6 is 0 Å². The van der Waals surface area contributed by atoms with Gasteiger partial charge in [0.2, 0.25) is 0 Å². The normalized spacial score (nSPS) is 11.9. The van der Waals surface area contributed by atoms with Gasteiger partial charge in [-0.1, -0.05) is 20.8 Å². The average molecular weight is 230 g/mol. The van der Waals surface area contributed by atoms with E-state index in [1.54, 1.807) is 0 Å². The maximum atomic E-state index is 4.66. The van der Waals surface area contributed by atoms with Gasteiger partial charge < -0.3 is 4.57 Å². The van der Waals surface area contributed by atoms with E-state index in [1.165, 1.54) is 22.2 Å². The fraction of sp³-hybridized carbons (Fsp3) is 0.533. The number of aryl methyl sites for hydroxylation is 1. The van der Waals surface area contributed by atoms with Crippen molar-refractivity contribution in [2.75, 3.05) is 0 Å². The van der Waals surface area contributed by atoms with Gasteiger partial charge in [-0.2, -0.15) is 0 Å². The molecule has 0 spiro atoms. The van der Waals surface area contributed by atoms with Crippen molar-refractivity contribution in [3.8, 4) is 0 Å². The molecule has 0 saturated carbocycles. The Balaban J connectivity index is 2.72. The molecule has 0 amide bonds. The third kappa shape index (κ3) is 2.08. The first-order chi connectivity index (χ1) is 8.04. The largest absolute Gasteiger partial charge is 0.343 e. The van der Waals surface area contributed by atoms with E-state index in [-0.39, 0.29) is 0 Å². The lowest BCUT2D eigenvalue weighted by atomic mass is 10.1. The molecule has 0 aliphatic rings. The summed E-state index contributed by atoms with van der Waals surface area (Å²) in [7, 11) is 0. The van der Waals surface area contributed by atoms with Crippen LogP contribution in [0.15, 0.2) is 18.5 Å². The smallest absolute Gasteiger partial charge is 0.0915 e. The van der Waals surface area contributed by atoms with Crippen LogP contribution in [0.4, 0.5) is 0 Å². The van der Waals surface area contributed by atoms with Gasteiger partial charge in [0.1, 0.15) is 0 Å². The van der Waals surface area contributed by atoms with Crippen molar-refractivity contribution in [1.82, 2.24) is 9.55 Å². The van der Waals surface area contributed by atoms with Crippen molar-refractivity contribution in [1.29, 1.82) is 0 Å². The van der Waals surface area contributed by atoms with Crippen LogP contribution in [0.3, 0.4) is 0 Å². The SMILES string of the molecule is CCc1cnc2c(C(C)C)cn(C(C)C)c2c1. The lowest BCUT2D eigenvalue weighted by Crippen LogP contribution is -1.98. The first-order valence-electron chi connectivity index (χ1n) is 6.54. The molecule has 0 unspecified atom stereocenters. The molecule has 17 heavy (non-hydrogen) atoms. The molecule has 2 heterocycles. The van der Waals surface area contributed by atoms with Crippen molar-refractivity contribution in [2.45, 2.75) is 53.0 Å². The van der Waals surface area contributed by atoms with Crippen molar-refractivity contribution in [2.24, 2.45) is 0 Å². The van der Waals surface area contributed by atoms with E-state index in [0.29, 0.717) is 12.0 Å². The van der Waals surface area contributed by atoms with Gasteiger partial charge in [0.15, 0.2) is 0 Å². The van der Waals surface area contributed by atoms with Crippen molar-refractivity contribution < 1.29 is 0 Å². The Morgan fingerprint density at radius 2 is 1.94 bits per heavy atom. The van der Waals surface area contributed by atoms with Gasteiger partial charge in [0.05, 0.1) is 11.0 Å². The zero-order chi connectivity index (χ0) is 12.6. The molecule has 0 aliphatic carbocycles. The van der Waals surface area contributed by atoms with Crippen LogP contribution in [0, 0.1) is 0 Å². The summed E-state index contributed by atoms with van der Waals surface area (Å²) in [5, 5.41) is 0. The predicted octanol–water partition coefficient (Wildman–Crippen LogP) is 4.30. The van der Waals surface area contributed by atoms with E-state index in [9.17, 15) is 0 Å². The maximum Gasteiger partial charge on any atom is 0.0915 e. The highest BCUT2D eigenvalue weighted by Gasteiger charge is 2.14. The fourth-order valence-corrected chi connectivity index (χ4v) is 2.24. The van der Waals surface area contributed by atoms with Crippen LogP contribution in [0.2, 0.25) is 0 Å². The first-order valence-corrected chi connectivity index (χ1v) is 6.54. The monoisotopic (exact) mass is 230 g/mol. The van der Waals surface area contributed by atoms with Crippen LogP contribution in [0.1, 0.15) is 57.7 Å². The number of rotatable bonds is 3. The number of nitrogens with zero attached hydrogens (tertiary/aromatic N) is 2. The second-order valence-electron chi connectivity index (χ2n) is 5.31. The summed E-state index contributed by atoms with van der Waals surface area (Å²) >= 11 is 0. The van der Waals surface area contributed by atoms with Crippen LogP contribution in [-0.2, 0) is 6.42 Å². The number of hydrogen-bond acceptors (Lipinski definition) is 1. The molecule has 2 heteroatoms. The van der Waals surface area contributed by atoms with Crippen LogP contribution < -0.4 is 0 Å². The Labute approximate surface area is 104 Å². The van der Waals surface area contributed by atoms with Crippen molar-refractivity contribution in [3.05, 3.63) is 29.6 Å². The van der Waals surface area contributed by atoms with Gasteiger partial charge in [-0.3, -0.25) is 4.98 Å². The highest BCUT2D eigenvalue weighted by atomic mass is 15.0. The molecule has 2 rings (SSSR count). The van der Waals surface area contributed by atoms with E-state index < -0.39 is 0 Å². The van der Waals surface area contributed by atoms with Crippen LogP contribution in [0.25, 0.3) is 11.0 Å². The molecular formula is C15H22N2. The molecule has 92 valence electrons. The lowest BCUT2D eigenvalue weighted by Gasteiger charge is -2.09. The molecule has 0 fully saturated rings. The van der Waals surface area contributed by atoms with Gasteiger partial charge in [-0.05, 0) is 43.4 Å². The minimum absolute atomic E-state index is 0.485. The van der Waals surface area contributed by atoms with Crippen molar-refractivity contribution >= 4 is 11.0 Å². The van der Waals surface area contributed by atoms with E-state index in [2.05, 4.69) is 56.4 Å². The van der Waals surface area contributed by atoms with Gasteiger partial charge in [-0.25, -0.2) is 0 Å². The van der Waals surface area contributed by atoms with E-state index in [1.807, 2.05) is 6.20 Å². The minimum atomic E-state index is 0.485. The Bertz CT molecular complexity index is 521. The Morgan fingerprint density at radius 1 is 1.24 bits per heavy atom. The standard InChI is InChI=1S/C15H22N2/c1-6-12-7-14-15(16-8-12)13(10(2)3)9-17(14)11(4)5/h7-11H,6H2,1-5H3. The van der Waals surface area contributed by atoms with Gasteiger partial charge in [0, 0.05) is 18.4 Å².